The molecule has 2 atom stereocenters. The van der Waals surface area contributed by atoms with Gasteiger partial charge in [-0.3, -0.25) is 0 Å². The van der Waals surface area contributed by atoms with E-state index in [2.05, 4.69) is 68.9 Å². The minimum Gasteiger partial charge on any atom is -0.306 e. The Morgan fingerprint density at radius 3 is 1.52 bits per heavy atom. The summed E-state index contributed by atoms with van der Waals surface area (Å²) in [7, 11) is 4.44. The highest BCUT2D eigenvalue weighted by Gasteiger charge is 2.21. The van der Waals surface area contributed by atoms with Gasteiger partial charge in [-0.05, 0) is 26.1 Å². The molecule has 0 bridgehead atoms. The first-order valence-electron chi connectivity index (χ1n) is 13.0. The summed E-state index contributed by atoms with van der Waals surface area (Å²) in [4.78, 5) is 2.39. The summed E-state index contributed by atoms with van der Waals surface area (Å²) in [6.45, 7) is 6.43. The molecule has 0 radical (unpaired) electrons. The molecule has 0 fully saturated rings. The van der Waals surface area contributed by atoms with Crippen molar-refractivity contribution < 1.29 is 0 Å². The summed E-state index contributed by atoms with van der Waals surface area (Å²) in [6, 6.07) is 11.4. The SMILES string of the molecule is C=CC(c1ccccc1)C(CCCCCCCCCCCCCCCCC)N(C)C.Cl. The van der Waals surface area contributed by atoms with Crippen molar-refractivity contribution in [1.29, 1.82) is 0 Å². The van der Waals surface area contributed by atoms with Crippen molar-refractivity contribution in [3.63, 3.8) is 0 Å². The van der Waals surface area contributed by atoms with Gasteiger partial charge in [0.05, 0.1) is 0 Å². The lowest BCUT2D eigenvalue weighted by molar-refractivity contribution is 0.252. The molecule has 0 saturated carbocycles. The highest BCUT2D eigenvalue weighted by Crippen LogP contribution is 2.27. The molecule has 0 aliphatic heterocycles. The van der Waals surface area contributed by atoms with Gasteiger partial charge in [0.15, 0.2) is 0 Å². The zero-order valence-corrected chi connectivity index (χ0v) is 21.8. The summed E-state index contributed by atoms with van der Waals surface area (Å²) in [5.74, 6) is 0.424. The molecule has 1 aromatic carbocycles. The number of likely N-dealkylation sites (N-methyl/N-ethyl adjacent to an activating group) is 1. The standard InChI is InChI=1S/C29H51N.ClH/c1-5-7-8-9-10-11-12-13-14-15-16-17-18-19-23-26-29(30(3)4)28(6-2)27-24-21-20-22-25-27;/h6,20-22,24-25,28-29H,2,5,7-19,23,26H2,1,3-4H3;1H. The van der Waals surface area contributed by atoms with Gasteiger partial charge in [-0.15, -0.1) is 19.0 Å². The van der Waals surface area contributed by atoms with E-state index in [4.69, 9.17) is 0 Å². The van der Waals surface area contributed by atoms with E-state index in [1.165, 1.54) is 108 Å². The van der Waals surface area contributed by atoms with Crippen LogP contribution >= 0.6 is 12.4 Å². The van der Waals surface area contributed by atoms with Gasteiger partial charge in [0, 0.05) is 12.0 Å². The van der Waals surface area contributed by atoms with Gasteiger partial charge in [0.2, 0.25) is 0 Å². The largest absolute Gasteiger partial charge is 0.306 e. The zero-order chi connectivity index (χ0) is 21.9. The van der Waals surface area contributed by atoms with E-state index >= 15 is 0 Å². The van der Waals surface area contributed by atoms with Crippen LogP contribution in [0.15, 0.2) is 43.0 Å². The van der Waals surface area contributed by atoms with Gasteiger partial charge < -0.3 is 4.90 Å². The molecule has 0 N–H and O–H groups in total. The monoisotopic (exact) mass is 449 g/mol. The van der Waals surface area contributed by atoms with E-state index in [0.717, 1.165) is 0 Å². The van der Waals surface area contributed by atoms with Crippen LogP contribution < -0.4 is 0 Å². The van der Waals surface area contributed by atoms with Gasteiger partial charge in [-0.2, -0.15) is 0 Å². The van der Waals surface area contributed by atoms with Crippen molar-refractivity contribution in [2.75, 3.05) is 14.1 Å². The Balaban J connectivity index is 0.00000900. The lowest BCUT2D eigenvalue weighted by atomic mass is 9.87. The predicted molar refractivity (Wildman–Crippen MR) is 144 cm³/mol. The first-order valence-corrected chi connectivity index (χ1v) is 13.0. The van der Waals surface area contributed by atoms with Crippen molar-refractivity contribution in [2.45, 2.75) is 122 Å². The van der Waals surface area contributed by atoms with Crippen LogP contribution in [-0.4, -0.2) is 25.0 Å². The fourth-order valence-electron chi connectivity index (χ4n) is 4.67. The van der Waals surface area contributed by atoms with Crippen LogP contribution in [0, 0.1) is 0 Å². The first-order chi connectivity index (χ1) is 14.7. The summed E-state index contributed by atoms with van der Waals surface area (Å²) >= 11 is 0. The molecule has 1 nitrogen and oxygen atoms in total. The zero-order valence-electron chi connectivity index (χ0n) is 21.0. The third kappa shape index (κ3) is 14.8. The predicted octanol–water partition coefficient (Wildman–Crippen LogP) is 9.57. The Morgan fingerprint density at radius 2 is 1.13 bits per heavy atom. The van der Waals surface area contributed by atoms with Gasteiger partial charge in [-0.1, -0.05) is 140 Å². The third-order valence-electron chi connectivity index (χ3n) is 6.62. The molecule has 0 aromatic heterocycles. The van der Waals surface area contributed by atoms with E-state index in [0.29, 0.717) is 12.0 Å². The van der Waals surface area contributed by atoms with E-state index in [1.54, 1.807) is 0 Å². The van der Waals surface area contributed by atoms with Crippen LogP contribution in [0.5, 0.6) is 0 Å². The second-order valence-electron chi connectivity index (χ2n) is 9.44. The number of benzene rings is 1. The Hall–Kier alpha value is -0.790. The maximum atomic E-state index is 4.14. The Morgan fingerprint density at radius 1 is 0.710 bits per heavy atom. The molecular formula is C29H52ClN. The number of hydrogen-bond acceptors (Lipinski definition) is 1. The van der Waals surface area contributed by atoms with E-state index < -0.39 is 0 Å². The molecule has 2 heteroatoms. The average molecular weight is 450 g/mol. The maximum absolute atomic E-state index is 4.14. The minimum atomic E-state index is 0. The van der Waals surface area contributed by atoms with Gasteiger partial charge in [0.25, 0.3) is 0 Å². The fraction of sp³-hybridized carbons (Fsp3) is 0.724. The molecule has 0 spiro atoms. The van der Waals surface area contributed by atoms with Crippen LogP contribution in [-0.2, 0) is 0 Å². The third-order valence-corrected chi connectivity index (χ3v) is 6.62. The summed E-state index contributed by atoms with van der Waals surface area (Å²) in [5, 5.41) is 0. The summed E-state index contributed by atoms with van der Waals surface area (Å²) in [6.07, 6.45) is 24.8. The Kier molecular flexibility index (Phi) is 20.5. The molecule has 0 saturated heterocycles. The van der Waals surface area contributed by atoms with Crippen molar-refractivity contribution in [1.82, 2.24) is 4.90 Å². The second-order valence-corrected chi connectivity index (χ2v) is 9.44. The molecule has 31 heavy (non-hydrogen) atoms. The number of halogens is 1. The maximum Gasteiger partial charge on any atom is 0.0192 e. The lowest BCUT2D eigenvalue weighted by Crippen LogP contribution is -2.33. The minimum absolute atomic E-state index is 0. The van der Waals surface area contributed by atoms with Gasteiger partial charge in [-0.25, -0.2) is 0 Å². The average Bonchev–Trinajstić information content (AvgIpc) is 2.76. The van der Waals surface area contributed by atoms with Crippen LogP contribution in [0.3, 0.4) is 0 Å². The molecule has 1 aromatic rings. The normalized spacial score (nSPS) is 13.0. The number of nitrogens with zero attached hydrogens (tertiary/aromatic N) is 1. The molecule has 0 heterocycles. The van der Waals surface area contributed by atoms with Crippen LogP contribution in [0.25, 0.3) is 0 Å². The second kappa shape index (κ2) is 21.1. The van der Waals surface area contributed by atoms with Crippen LogP contribution in [0.1, 0.15) is 121 Å². The molecule has 0 aliphatic rings. The number of rotatable bonds is 20. The smallest absolute Gasteiger partial charge is 0.0192 e. The highest BCUT2D eigenvalue weighted by atomic mass is 35.5. The quantitative estimate of drug-likeness (QED) is 0.141. The molecular weight excluding hydrogens is 398 g/mol. The van der Waals surface area contributed by atoms with Crippen molar-refractivity contribution in [3.8, 4) is 0 Å². The number of unbranched alkanes of at least 4 members (excludes halogenated alkanes) is 14. The topological polar surface area (TPSA) is 3.24 Å². The molecule has 180 valence electrons. The molecule has 1 rings (SSSR count). The Bertz CT molecular complexity index is 499. The van der Waals surface area contributed by atoms with E-state index in [1.807, 2.05) is 0 Å². The first kappa shape index (κ1) is 30.2. The fourth-order valence-corrected chi connectivity index (χ4v) is 4.67. The number of hydrogen-bond donors (Lipinski definition) is 0. The van der Waals surface area contributed by atoms with Crippen molar-refractivity contribution in [3.05, 3.63) is 48.6 Å². The molecule has 0 aliphatic carbocycles. The highest BCUT2D eigenvalue weighted by molar-refractivity contribution is 5.85. The van der Waals surface area contributed by atoms with Gasteiger partial charge >= 0.3 is 0 Å². The van der Waals surface area contributed by atoms with Crippen molar-refractivity contribution in [2.24, 2.45) is 0 Å². The van der Waals surface area contributed by atoms with E-state index in [9.17, 15) is 0 Å². The van der Waals surface area contributed by atoms with E-state index in [-0.39, 0.29) is 12.4 Å². The molecule has 2 unspecified atom stereocenters. The van der Waals surface area contributed by atoms with Crippen LogP contribution in [0.2, 0.25) is 0 Å². The summed E-state index contributed by atoms with van der Waals surface area (Å²) < 4.78 is 0. The van der Waals surface area contributed by atoms with Gasteiger partial charge in [0.1, 0.15) is 0 Å². The van der Waals surface area contributed by atoms with Crippen molar-refractivity contribution >= 4 is 12.4 Å². The summed E-state index contributed by atoms with van der Waals surface area (Å²) in [5.41, 5.74) is 1.40. The molecule has 0 amide bonds. The van der Waals surface area contributed by atoms with Crippen LogP contribution in [0.4, 0.5) is 0 Å². The Labute approximate surface area is 201 Å². The lowest BCUT2D eigenvalue weighted by Gasteiger charge is -2.31.